The van der Waals surface area contributed by atoms with Gasteiger partial charge in [-0.3, -0.25) is 14.6 Å². The number of para-hydroxylation sites is 1. The summed E-state index contributed by atoms with van der Waals surface area (Å²) in [4.78, 5) is 28.2. The van der Waals surface area contributed by atoms with Gasteiger partial charge < -0.3 is 10.6 Å². The Kier molecular flexibility index (Phi) is 5.41. The normalized spacial score (nSPS) is 11.8. The maximum absolute atomic E-state index is 13.5. The van der Waals surface area contributed by atoms with Crippen molar-refractivity contribution in [3.8, 4) is 0 Å². The van der Waals surface area contributed by atoms with Gasteiger partial charge in [-0.2, -0.15) is 0 Å². The first-order valence-electron chi connectivity index (χ1n) is 7.26. The number of benzene rings is 1. The Labute approximate surface area is 133 Å². The number of rotatable bonds is 4. The van der Waals surface area contributed by atoms with Crippen molar-refractivity contribution in [2.24, 2.45) is 5.92 Å². The zero-order valence-corrected chi connectivity index (χ0v) is 12.9. The second kappa shape index (κ2) is 7.49. The largest absolute Gasteiger partial charge is 0.339 e. The molecule has 1 aromatic heterocycles. The highest BCUT2D eigenvalue weighted by Crippen LogP contribution is 2.19. The Bertz CT molecular complexity index is 689. The fourth-order valence-corrected chi connectivity index (χ4v) is 2.09. The Morgan fingerprint density at radius 2 is 1.74 bits per heavy atom. The third-order valence-electron chi connectivity index (χ3n) is 3.29. The summed E-state index contributed by atoms with van der Waals surface area (Å²) in [6.45, 7) is 3.82. The van der Waals surface area contributed by atoms with Gasteiger partial charge in [0.2, 0.25) is 0 Å². The van der Waals surface area contributed by atoms with Gasteiger partial charge in [-0.05, 0) is 30.2 Å². The first-order valence-corrected chi connectivity index (χ1v) is 7.26. The van der Waals surface area contributed by atoms with E-state index in [1.807, 2.05) is 19.9 Å². The smallest absolute Gasteiger partial charge is 0.313 e. The van der Waals surface area contributed by atoms with Gasteiger partial charge >= 0.3 is 11.8 Å². The highest BCUT2D eigenvalue weighted by molar-refractivity contribution is 6.39. The van der Waals surface area contributed by atoms with Gasteiger partial charge in [-0.15, -0.1) is 0 Å². The van der Waals surface area contributed by atoms with Crippen molar-refractivity contribution in [3.63, 3.8) is 0 Å². The third kappa shape index (κ3) is 4.35. The van der Waals surface area contributed by atoms with Gasteiger partial charge in [-0.1, -0.05) is 32.0 Å². The second-order valence-electron chi connectivity index (χ2n) is 5.38. The van der Waals surface area contributed by atoms with E-state index in [1.54, 1.807) is 24.4 Å². The summed E-state index contributed by atoms with van der Waals surface area (Å²) < 4.78 is 13.5. The number of carbonyl (C=O) groups excluding carboxylic acids is 2. The molecule has 1 atom stereocenters. The van der Waals surface area contributed by atoms with Crippen LogP contribution in [0.5, 0.6) is 0 Å². The van der Waals surface area contributed by atoms with E-state index in [1.165, 1.54) is 18.2 Å². The van der Waals surface area contributed by atoms with Crippen LogP contribution < -0.4 is 10.6 Å². The molecule has 0 aliphatic carbocycles. The standard InChI is InChI=1S/C17H18FN3O2/c1-11(2)15(14-9-5-6-10-19-14)21-17(23)16(22)20-13-8-4-3-7-12(13)18/h3-11,15H,1-2H3,(H,20,22)(H,21,23)/t15-/m1/s1. The molecule has 2 aromatic rings. The van der Waals surface area contributed by atoms with Gasteiger partial charge in [0.15, 0.2) is 0 Å². The minimum Gasteiger partial charge on any atom is -0.339 e. The lowest BCUT2D eigenvalue weighted by molar-refractivity contribution is -0.136. The van der Waals surface area contributed by atoms with Crippen molar-refractivity contribution in [1.82, 2.24) is 10.3 Å². The number of hydrogen-bond donors (Lipinski definition) is 2. The van der Waals surface area contributed by atoms with Crippen LogP contribution >= 0.6 is 0 Å². The molecule has 120 valence electrons. The molecular formula is C17H18FN3O2. The number of aromatic nitrogens is 1. The van der Waals surface area contributed by atoms with Crippen LogP contribution in [0.2, 0.25) is 0 Å². The molecule has 1 aromatic carbocycles. The summed E-state index contributed by atoms with van der Waals surface area (Å²) in [5.41, 5.74) is 0.626. The second-order valence-corrected chi connectivity index (χ2v) is 5.38. The van der Waals surface area contributed by atoms with E-state index < -0.39 is 23.7 Å². The van der Waals surface area contributed by atoms with E-state index >= 15 is 0 Å². The highest BCUT2D eigenvalue weighted by Gasteiger charge is 2.23. The van der Waals surface area contributed by atoms with Crippen LogP contribution in [-0.2, 0) is 9.59 Å². The lowest BCUT2D eigenvalue weighted by Crippen LogP contribution is -2.40. The van der Waals surface area contributed by atoms with Crippen molar-refractivity contribution in [2.75, 3.05) is 5.32 Å². The number of halogens is 1. The third-order valence-corrected chi connectivity index (χ3v) is 3.29. The Hall–Kier alpha value is -2.76. The van der Waals surface area contributed by atoms with Crippen molar-refractivity contribution in [2.45, 2.75) is 19.9 Å². The molecule has 0 fully saturated rings. The topological polar surface area (TPSA) is 71.1 Å². The lowest BCUT2D eigenvalue weighted by atomic mass is 10.0. The monoisotopic (exact) mass is 315 g/mol. The first-order chi connectivity index (χ1) is 11.0. The predicted molar refractivity (Wildman–Crippen MR) is 85.0 cm³/mol. The molecule has 0 saturated carbocycles. The summed E-state index contributed by atoms with van der Waals surface area (Å²) in [7, 11) is 0. The number of amides is 2. The molecule has 0 unspecified atom stereocenters. The number of nitrogens with one attached hydrogen (secondary N) is 2. The fraction of sp³-hybridized carbons (Fsp3) is 0.235. The minimum atomic E-state index is -0.920. The Morgan fingerprint density at radius 1 is 1.04 bits per heavy atom. The molecule has 0 aliphatic heterocycles. The predicted octanol–water partition coefficient (Wildman–Crippen LogP) is 2.67. The molecule has 23 heavy (non-hydrogen) atoms. The molecule has 0 saturated heterocycles. The SMILES string of the molecule is CC(C)[C@@H](NC(=O)C(=O)Nc1ccccc1F)c1ccccn1. The molecule has 2 N–H and O–H groups in total. The number of pyridine rings is 1. The van der Waals surface area contributed by atoms with E-state index in [0.717, 1.165) is 0 Å². The molecule has 6 heteroatoms. The van der Waals surface area contributed by atoms with Crippen LogP contribution in [0.1, 0.15) is 25.6 Å². The molecule has 2 rings (SSSR count). The minimum absolute atomic E-state index is 0.0356. The maximum Gasteiger partial charge on any atom is 0.313 e. The van der Waals surface area contributed by atoms with Crippen LogP contribution in [0.4, 0.5) is 10.1 Å². The molecule has 5 nitrogen and oxygen atoms in total. The average Bonchev–Trinajstić information content (AvgIpc) is 2.55. The zero-order valence-electron chi connectivity index (χ0n) is 12.9. The fourth-order valence-electron chi connectivity index (χ4n) is 2.09. The highest BCUT2D eigenvalue weighted by atomic mass is 19.1. The lowest BCUT2D eigenvalue weighted by Gasteiger charge is -2.21. The first kappa shape index (κ1) is 16.6. The van der Waals surface area contributed by atoms with E-state index in [9.17, 15) is 14.0 Å². The summed E-state index contributed by atoms with van der Waals surface area (Å²) in [6, 6.07) is 10.6. The van der Waals surface area contributed by atoms with Crippen molar-refractivity contribution >= 4 is 17.5 Å². The molecule has 0 radical (unpaired) electrons. The van der Waals surface area contributed by atoms with Crippen LogP contribution in [0.25, 0.3) is 0 Å². The summed E-state index contributed by atoms with van der Waals surface area (Å²) >= 11 is 0. The molecule has 2 amide bonds. The van der Waals surface area contributed by atoms with E-state index in [4.69, 9.17) is 0 Å². The average molecular weight is 315 g/mol. The number of anilines is 1. The van der Waals surface area contributed by atoms with Crippen LogP contribution in [-0.4, -0.2) is 16.8 Å². The molecule has 1 heterocycles. The summed E-state index contributed by atoms with van der Waals surface area (Å²) in [5, 5.41) is 4.90. The zero-order chi connectivity index (χ0) is 16.8. The molecule has 0 spiro atoms. The van der Waals surface area contributed by atoms with Crippen molar-refractivity contribution in [1.29, 1.82) is 0 Å². The molecule has 0 aliphatic rings. The van der Waals surface area contributed by atoms with Crippen molar-refractivity contribution < 1.29 is 14.0 Å². The van der Waals surface area contributed by atoms with E-state index in [0.29, 0.717) is 5.69 Å². The van der Waals surface area contributed by atoms with Gasteiger partial charge in [0.1, 0.15) is 5.82 Å². The Morgan fingerprint density at radius 3 is 2.35 bits per heavy atom. The number of carbonyl (C=O) groups is 2. The number of hydrogen-bond acceptors (Lipinski definition) is 3. The quantitative estimate of drug-likeness (QED) is 0.852. The number of nitrogens with zero attached hydrogens (tertiary/aromatic N) is 1. The Balaban J connectivity index is 2.07. The van der Waals surface area contributed by atoms with Gasteiger partial charge in [0.25, 0.3) is 0 Å². The van der Waals surface area contributed by atoms with Crippen LogP contribution in [0.3, 0.4) is 0 Å². The molecular weight excluding hydrogens is 297 g/mol. The van der Waals surface area contributed by atoms with Gasteiger partial charge in [0, 0.05) is 6.20 Å². The van der Waals surface area contributed by atoms with Gasteiger partial charge in [0.05, 0.1) is 17.4 Å². The summed E-state index contributed by atoms with van der Waals surface area (Å²) in [6.07, 6.45) is 1.62. The summed E-state index contributed by atoms with van der Waals surface area (Å²) in [5.74, 6) is -2.32. The van der Waals surface area contributed by atoms with E-state index in [2.05, 4.69) is 15.6 Å². The molecule has 0 bridgehead atoms. The van der Waals surface area contributed by atoms with Gasteiger partial charge in [-0.25, -0.2) is 4.39 Å². The van der Waals surface area contributed by atoms with Crippen molar-refractivity contribution in [3.05, 3.63) is 60.2 Å². The maximum atomic E-state index is 13.5. The van der Waals surface area contributed by atoms with Crippen LogP contribution in [0, 0.1) is 11.7 Å². The van der Waals surface area contributed by atoms with Crippen LogP contribution in [0.15, 0.2) is 48.7 Å². The van der Waals surface area contributed by atoms with E-state index in [-0.39, 0.29) is 11.6 Å².